The van der Waals surface area contributed by atoms with Crippen LogP contribution in [0.5, 0.6) is 5.75 Å². The van der Waals surface area contributed by atoms with Gasteiger partial charge < -0.3 is 4.74 Å². The van der Waals surface area contributed by atoms with Crippen LogP contribution in [0.3, 0.4) is 0 Å². The molecule has 0 radical (unpaired) electrons. The number of carbonyl (C=O) groups is 1. The standard InChI is InChI=1S/C15H12FNO4/c1-10-8-12(16)4-7-15(10)21-9-14(18)11-2-5-13(6-3-11)17(19)20/h2-8H,9H2,1H3. The Labute approximate surface area is 120 Å². The number of ketones is 1. The van der Waals surface area contributed by atoms with E-state index in [0.29, 0.717) is 16.9 Å². The highest BCUT2D eigenvalue weighted by atomic mass is 19.1. The number of aryl methyl sites for hydroxylation is 1. The van der Waals surface area contributed by atoms with Crippen LogP contribution in [0.2, 0.25) is 0 Å². The first-order chi connectivity index (χ1) is 9.97. The van der Waals surface area contributed by atoms with Gasteiger partial charge in [-0.1, -0.05) is 0 Å². The molecule has 0 amide bonds. The molecule has 2 rings (SSSR count). The van der Waals surface area contributed by atoms with Crippen LogP contribution in [0.25, 0.3) is 0 Å². The van der Waals surface area contributed by atoms with Gasteiger partial charge in [-0.25, -0.2) is 4.39 Å². The summed E-state index contributed by atoms with van der Waals surface area (Å²) in [4.78, 5) is 21.9. The van der Waals surface area contributed by atoms with Gasteiger partial charge in [-0.15, -0.1) is 0 Å². The van der Waals surface area contributed by atoms with E-state index >= 15 is 0 Å². The van der Waals surface area contributed by atoms with Gasteiger partial charge in [0.05, 0.1) is 4.92 Å². The molecule has 0 aliphatic carbocycles. The monoisotopic (exact) mass is 289 g/mol. The van der Waals surface area contributed by atoms with E-state index in [0.717, 1.165) is 0 Å². The molecule has 0 spiro atoms. The Morgan fingerprint density at radius 1 is 1.24 bits per heavy atom. The lowest BCUT2D eigenvalue weighted by molar-refractivity contribution is -0.384. The molecule has 0 atom stereocenters. The van der Waals surface area contributed by atoms with Gasteiger partial charge in [0.15, 0.2) is 12.4 Å². The minimum atomic E-state index is -0.535. The van der Waals surface area contributed by atoms with Crippen molar-refractivity contribution in [3.8, 4) is 5.75 Å². The van der Waals surface area contributed by atoms with E-state index in [-0.39, 0.29) is 23.9 Å². The fourth-order valence-corrected chi connectivity index (χ4v) is 1.77. The van der Waals surface area contributed by atoms with Crippen LogP contribution in [-0.2, 0) is 0 Å². The maximum Gasteiger partial charge on any atom is 0.269 e. The van der Waals surface area contributed by atoms with Gasteiger partial charge in [-0.2, -0.15) is 0 Å². The van der Waals surface area contributed by atoms with E-state index < -0.39 is 4.92 Å². The molecule has 6 heteroatoms. The summed E-state index contributed by atoms with van der Waals surface area (Å²) in [6.45, 7) is 1.46. The number of nitro benzene ring substituents is 1. The Kier molecular flexibility index (Phi) is 4.27. The fraction of sp³-hybridized carbons (Fsp3) is 0.133. The molecular formula is C15H12FNO4. The molecule has 0 aliphatic rings. The summed E-state index contributed by atoms with van der Waals surface area (Å²) in [5, 5.41) is 10.5. The largest absolute Gasteiger partial charge is 0.485 e. The molecular weight excluding hydrogens is 277 g/mol. The summed E-state index contributed by atoms with van der Waals surface area (Å²) < 4.78 is 18.3. The first-order valence-corrected chi connectivity index (χ1v) is 6.14. The highest BCUT2D eigenvalue weighted by molar-refractivity contribution is 5.97. The summed E-state index contributed by atoms with van der Waals surface area (Å²) in [5.74, 6) is -0.262. The Balaban J connectivity index is 2.02. The van der Waals surface area contributed by atoms with Crippen LogP contribution >= 0.6 is 0 Å². The third kappa shape index (κ3) is 3.62. The van der Waals surface area contributed by atoms with Crippen molar-refractivity contribution >= 4 is 11.5 Å². The van der Waals surface area contributed by atoms with E-state index in [4.69, 9.17) is 4.74 Å². The molecule has 2 aromatic rings. The van der Waals surface area contributed by atoms with Crippen molar-refractivity contribution in [2.24, 2.45) is 0 Å². The number of benzene rings is 2. The van der Waals surface area contributed by atoms with E-state index in [2.05, 4.69) is 0 Å². The third-order valence-electron chi connectivity index (χ3n) is 2.90. The van der Waals surface area contributed by atoms with Gasteiger partial charge in [-0.05, 0) is 42.8 Å². The van der Waals surface area contributed by atoms with Crippen LogP contribution < -0.4 is 4.74 Å². The quantitative estimate of drug-likeness (QED) is 0.481. The number of hydrogen-bond donors (Lipinski definition) is 0. The van der Waals surface area contributed by atoms with Gasteiger partial charge in [0.2, 0.25) is 0 Å². The van der Waals surface area contributed by atoms with Crippen LogP contribution in [0.1, 0.15) is 15.9 Å². The molecule has 21 heavy (non-hydrogen) atoms. The van der Waals surface area contributed by atoms with E-state index in [1.165, 1.54) is 42.5 Å². The second kappa shape index (κ2) is 6.13. The first-order valence-electron chi connectivity index (χ1n) is 6.14. The summed E-state index contributed by atoms with van der Waals surface area (Å²) >= 11 is 0. The zero-order valence-corrected chi connectivity index (χ0v) is 11.2. The molecule has 0 fully saturated rings. The Morgan fingerprint density at radius 3 is 2.48 bits per heavy atom. The third-order valence-corrected chi connectivity index (χ3v) is 2.90. The van der Waals surface area contributed by atoms with E-state index in [9.17, 15) is 19.3 Å². The van der Waals surface area contributed by atoms with Crippen molar-refractivity contribution < 1.29 is 18.8 Å². The Hall–Kier alpha value is -2.76. The Bertz CT molecular complexity index is 683. The number of ether oxygens (including phenoxy) is 1. The minimum Gasteiger partial charge on any atom is -0.485 e. The van der Waals surface area contributed by atoms with E-state index in [1.54, 1.807) is 6.92 Å². The number of hydrogen-bond acceptors (Lipinski definition) is 4. The average molecular weight is 289 g/mol. The van der Waals surface area contributed by atoms with Gasteiger partial charge in [0.25, 0.3) is 5.69 Å². The topological polar surface area (TPSA) is 69.4 Å². The summed E-state index contributed by atoms with van der Waals surface area (Å²) in [7, 11) is 0. The molecule has 5 nitrogen and oxygen atoms in total. The lowest BCUT2D eigenvalue weighted by Crippen LogP contribution is -2.12. The van der Waals surface area contributed by atoms with E-state index in [1.807, 2.05) is 0 Å². The second-order valence-electron chi connectivity index (χ2n) is 4.43. The summed E-state index contributed by atoms with van der Waals surface area (Å²) in [6, 6.07) is 9.29. The lowest BCUT2D eigenvalue weighted by atomic mass is 10.1. The zero-order valence-electron chi connectivity index (χ0n) is 11.2. The smallest absolute Gasteiger partial charge is 0.269 e. The molecule has 0 saturated heterocycles. The molecule has 0 aliphatic heterocycles. The molecule has 0 bridgehead atoms. The molecule has 0 unspecified atom stereocenters. The minimum absolute atomic E-state index is 0.0816. The molecule has 0 saturated carbocycles. The SMILES string of the molecule is Cc1cc(F)ccc1OCC(=O)c1ccc([N+](=O)[O-])cc1. The zero-order chi connectivity index (χ0) is 15.4. The van der Waals surface area contributed by atoms with Crippen molar-refractivity contribution in [3.05, 3.63) is 69.5 Å². The molecule has 0 aromatic heterocycles. The first kappa shape index (κ1) is 14.6. The van der Waals surface area contributed by atoms with Crippen LogP contribution in [0.15, 0.2) is 42.5 Å². The van der Waals surface area contributed by atoms with Gasteiger partial charge in [0, 0.05) is 17.7 Å². The number of nitro groups is 1. The number of rotatable bonds is 5. The van der Waals surface area contributed by atoms with Crippen LogP contribution in [0.4, 0.5) is 10.1 Å². The van der Waals surface area contributed by atoms with Crippen LogP contribution in [-0.4, -0.2) is 17.3 Å². The predicted octanol–water partition coefficient (Wildman–Crippen LogP) is 3.30. The lowest BCUT2D eigenvalue weighted by Gasteiger charge is -2.08. The summed E-state index contributed by atoms with van der Waals surface area (Å²) in [5.41, 5.74) is 0.828. The van der Waals surface area contributed by atoms with Crippen molar-refractivity contribution in [2.75, 3.05) is 6.61 Å². The normalized spacial score (nSPS) is 10.2. The number of non-ortho nitro benzene ring substituents is 1. The van der Waals surface area contributed by atoms with Crippen molar-refractivity contribution in [1.82, 2.24) is 0 Å². The fourth-order valence-electron chi connectivity index (χ4n) is 1.77. The number of nitrogens with zero attached hydrogens (tertiary/aromatic N) is 1. The number of Topliss-reactive ketones (excluding diaryl/α,β-unsaturated/α-hetero) is 1. The maximum absolute atomic E-state index is 12.9. The predicted molar refractivity (Wildman–Crippen MR) is 74.1 cm³/mol. The van der Waals surface area contributed by atoms with Gasteiger partial charge >= 0.3 is 0 Å². The number of halogens is 1. The van der Waals surface area contributed by atoms with Crippen molar-refractivity contribution in [3.63, 3.8) is 0 Å². The summed E-state index contributed by atoms with van der Waals surface area (Å²) in [6.07, 6.45) is 0. The van der Waals surface area contributed by atoms with Crippen molar-refractivity contribution in [1.29, 1.82) is 0 Å². The van der Waals surface area contributed by atoms with Gasteiger partial charge in [0.1, 0.15) is 11.6 Å². The maximum atomic E-state index is 12.9. The average Bonchev–Trinajstić information content (AvgIpc) is 2.46. The Morgan fingerprint density at radius 2 is 1.90 bits per heavy atom. The molecule has 108 valence electrons. The second-order valence-corrected chi connectivity index (χ2v) is 4.43. The highest BCUT2D eigenvalue weighted by Crippen LogP contribution is 2.19. The van der Waals surface area contributed by atoms with Gasteiger partial charge in [-0.3, -0.25) is 14.9 Å². The van der Waals surface area contributed by atoms with Crippen molar-refractivity contribution in [2.45, 2.75) is 6.92 Å². The van der Waals surface area contributed by atoms with Crippen LogP contribution in [0, 0.1) is 22.9 Å². The number of carbonyl (C=O) groups excluding carboxylic acids is 1. The molecule has 2 aromatic carbocycles. The molecule has 0 N–H and O–H groups in total. The highest BCUT2D eigenvalue weighted by Gasteiger charge is 2.11. The molecule has 0 heterocycles.